The van der Waals surface area contributed by atoms with Crippen LogP contribution in [-0.2, 0) is 0 Å². The summed E-state index contributed by atoms with van der Waals surface area (Å²) in [6, 6.07) is 3.60. The van der Waals surface area contributed by atoms with Crippen molar-refractivity contribution in [2.75, 3.05) is 5.73 Å². The first-order chi connectivity index (χ1) is 9.56. The highest BCUT2D eigenvalue weighted by Gasteiger charge is 2.23. The Kier molecular flexibility index (Phi) is 3.04. The molecule has 1 aliphatic rings. The van der Waals surface area contributed by atoms with Crippen molar-refractivity contribution >= 4 is 22.8 Å². The van der Waals surface area contributed by atoms with Gasteiger partial charge in [0.15, 0.2) is 0 Å². The van der Waals surface area contributed by atoms with Gasteiger partial charge in [-0.05, 0) is 37.5 Å². The van der Waals surface area contributed by atoms with Crippen LogP contribution in [0.5, 0.6) is 0 Å². The van der Waals surface area contributed by atoms with E-state index in [9.17, 15) is 9.90 Å². The number of rotatable bonds is 2. The van der Waals surface area contributed by atoms with Crippen molar-refractivity contribution in [2.45, 2.75) is 38.5 Å². The van der Waals surface area contributed by atoms with Crippen molar-refractivity contribution in [3.63, 3.8) is 0 Å². The van der Waals surface area contributed by atoms with Crippen LogP contribution in [-0.4, -0.2) is 21.0 Å². The second-order valence-electron chi connectivity index (χ2n) is 5.46. The fraction of sp³-hybridized carbons (Fsp3) is 0.400. The van der Waals surface area contributed by atoms with Gasteiger partial charge in [-0.25, -0.2) is 14.8 Å². The molecular weight excluding hydrogens is 254 g/mol. The van der Waals surface area contributed by atoms with E-state index in [4.69, 9.17) is 5.73 Å². The molecular formula is C15H17N3O2. The van der Waals surface area contributed by atoms with E-state index in [0.717, 1.165) is 29.5 Å². The number of aromatic nitrogens is 2. The quantitative estimate of drug-likeness (QED) is 0.876. The minimum absolute atomic E-state index is 0.158. The number of aromatic carboxylic acids is 1. The lowest BCUT2D eigenvalue weighted by Crippen LogP contribution is -2.08. The van der Waals surface area contributed by atoms with Gasteiger partial charge in [-0.2, -0.15) is 0 Å². The first-order valence-corrected chi connectivity index (χ1v) is 6.87. The van der Waals surface area contributed by atoms with Gasteiger partial charge < -0.3 is 10.8 Å². The number of nitrogen functional groups attached to an aromatic ring is 1. The molecule has 0 aliphatic heterocycles. The predicted octanol–water partition coefficient (Wildman–Crippen LogP) is 2.88. The van der Waals surface area contributed by atoms with Crippen LogP contribution in [0.1, 0.15) is 53.2 Å². The highest BCUT2D eigenvalue weighted by molar-refractivity contribution is 6.03. The molecule has 0 atom stereocenters. The number of carboxylic acid groups (broad SMARTS) is 1. The molecule has 3 N–H and O–H groups in total. The monoisotopic (exact) mass is 271 g/mol. The van der Waals surface area contributed by atoms with Gasteiger partial charge in [0.25, 0.3) is 0 Å². The Balaban J connectivity index is 2.32. The Morgan fingerprint density at radius 1 is 1.30 bits per heavy atom. The van der Waals surface area contributed by atoms with Gasteiger partial charge in [-0.3, -0.25) is 0 Å². The molecule has 5 heteroatoms. The zero-order valence-corrected chi connectivity index (χ0v) is 11.4. The lowest BCUT2D eigenvalue weighted by Gasteiger charge is -2.14. The molecule has 1 aromatic heterocycles. The van der Waals surface area contributed by atoms with Crippen LogP contribution in [0, 0.1) is 6.92 Å². The van der Waals surface area contributed by atoms with Crippen LogP contribution < -0.4 is 5.73 Å². The number of hydrogen-bond acceptors (Lipinski definition) is 4. The van der Waals surface area contributed by atoms with Crippen LogP contribution >= 0.6 is 0 Å². The first kappa shape index (κ1) is 12.8. The van der Waals surface area contributed by atoms with E-state index in [1.807, 2.05) is 13.0 Å². The summed E-state index contributed by atoms with van der Waals surface area (Å²) >= 11 is 0. The van der Waals surface area contributed by atoms with Crippen molar-refractivity contribution in [2.24, 2.45) is 0 Å². The molecule has 0 saturated heterocycles. The largest absolute Gasteiger partial charge is 0.478 e. The number of benzene rings is 1. The lowest BCUT2D eigenvalue weighted by molar-refractivity contribution is 0.0698. The molecule has 1 aromatic carbocycles. The van der Waals surface area contributed by atoms with Crippen molar-refractivity contribution in [3.05, 3.63) is 29.0 Å². The molecule has 1 saturated carbocycles. The summed E-state index contributed by atoms with van der Waals surface area (Å²) in [5.74, 6) is -0.453. The average Bonchev–Trinajstić information content (AvgIpc) is 2.91. The van der Waals surface area contributed by atoms with Gasteiger partial charge in [0.05, 0.1) is 16.8 Å². The van der Waals surface area contributed by atoms with Crippen LogP contribution in [0.15, 0.2) is 12.1 Å². The third-order valence-electron chi connectivity index (χ3n) is 3.96. The number of fused-ring (bicyclic) bond motifs is 1. The fourth-order valence-electron chi connectivity index (χ4n) is 3.09. The molecule has 5 nitrogen and oxygen atoms in total. The maximum Gasteiger partial charge on any atom is 0.337 e. The summed E-state index contributed by atoms with van der Waals surface area (Å²) < 4.78 is 0. The van der Waals surface area contributed by atoms with Gasteiger partial charge in [-0.1, -0.05) is 12.8 Å². The molecule has 104 valence electrons. The Bertz CT molecular complexity index is 691. The highest BCUT2D eigenvalue weighted by atomic mass is 16.4. The number of carbonyl (C=O) groups is 1. The Morgan fingerprint density at radius 3 is 2.65 bits per heavy atom. The zero-order valence-electron chi connectivity index (χ0n) is 11.4. The van der Waals surface area contributed by atoms with Gasteiger partial charge >= 0.3 is 5.97 Å². The van der Waals surface area contributed by atoms with Gasteiger partial charge in [0.2, 0.25) is 5.95 Å². The number of carboxylic acids is 1. The molecule has 1 heterocycles. The number of nitrogens with zero attached hydrogens (tertiary/aromatic N) is 2. The maximum absolute atomic E-state index is 11.4. The molecule has 20 heavy (non-hydrogen) atoms. The van der Waals surface area contributed by atoms with Crippen molar-refractivity contribution in [1.82, 2.24) is 9.97 Å². The van der Waals surface area contributed by atoms with E-state index in [2.05, 4.69) is 9.97 Å². The molecule has 3 rings (SSSR count). The topological polar surface area (TPSA) is 89.1 Å². The molecule has 0 unspecified atom stereocenters. The van der Waals surface area contributed by atoms with E-state index in [-0.39, 0.29) is 11.5 Å². The Labute approximate surface area is 116 Å². The fourth-order valence-corrected chi connectivity index (χ4v) is 3.09. The Hall–Kier alpha value is -2.17. The normalized spacial score (nSPS) is 15.8. The highest BCUT2D eigenvalue weighted by Crippen LogP contribution is 2.37. The van der Waals surface area contributed by atoms with Crippen LogP contribution in [0.2, 0.25) is 0 Å². The van der Waals surface area contributed by atoms with Crippen LogP contribution in [0.4, 0.5) is 5.95 Å². The van der Waals surface area contributed by atoms with Crippen molar-refractivity contribution < 1.29 is 9.90 Å². The van der Waals surface area contributed by atoms with Crippen LogP contribution in [0.25, 0.3) is 10.9 Å². The molecule has 1 aliphatic carbocycles. The summed E-state index contributed by atoms with van der Waals surface area (Å²) in [4.78, 5) is 20.0. The van der Waals surface area contributed by atoms with E-state index in [1.54, 1.807) is 6.07 Å². The SMILES string of the molecule is Cc1cc(C(=O)O)c2nc(N)nc(C3CCCC3)c2c1. The summed E-state index contributed by atoms with van der Waals surface area (Å²) in [7, 11) is 0. The van der Waals surface area contributed by atoms with Crippen LogP contribution in [0.3, 0.4) is 0 Å². The smallest absolute Gasteiger partial charge is 0.337 e. The molecule has 0 bridgehead atoms. The molecule has 0 spiro atoms. The van der Waals surface area contributed by atoms with Crippen molar-refractivity contribution in [1.29, 1.82) is 0 Å². The number of aryl methyl sites for hydroxylation is 1. The Morgan fingerprint density at radius 2 is 2.00 bits per heavy atom. The van der Waals surface area contributed by atoms with Crippen molar-refractivity contribution in [3.8, 4) is 0 Å². The number of anilines is 1. The minimum atomic E-state index is -0.978. The summed E-state index contributed by atoms with van der Waals surface area (Å²) in [5.41, 5.74) is 8.26. The third-order valence-corrected chi connectivity index (χ3v) is 3.96. The molecule has 0 amide bonds. The first-order valence-electron chi connectivity index (χ1n) is 6.87. The number of nitrogens with two attached hydrogens (primary N) is 1. The number of hydrogen-bond donors (Lipinski definition) is 2. The summed E-state index contributed by atoms with van der Waals surface area (Å²) in [6.07, 6.45) is 4.55. The van der Waals surface area contributed by atoms with Gasteiger partial charge in [0.1, 0.15) is 0 Å². The lowest BCUT2D eigenvalue weighted by atomic mass is 9.96. The third kappa shape index (κ3) is 2.09. The van der Waals surface area contributed by atoms with Gasteiger partial charge in [0, 0.05) is 11.3 Å². The molecule has 0 radical (unpaired) electrons. The second kappa shape index (κ2) is 4.74. The summed E-state index contributed by atoms with van der Waals surface area (Å²) in [6.45, 7) is 1.89. The molecule has 2 aromatic rings. The van der Waals surface area contributed by atoms with E-state index in [1.165, 1.54) is 12.8 Å². The van der Waals surface area contributed by atoms with E-state index >= 15 is 0 Å². The zero-order chi connectivity index (χ0) is 14.3. The average molecular weight is 271 g/mol. The maximum atomic E-state index is 11.4. The van der Waals surface area contributed by atoms with E-state index < -0.39 is 5.97 Å². The molecule has 1 fully saturated rings. The second-order valence-corrected chi connectivity index (χ2v) is 5.46. The standard InChI is InChI=1S/C15H17N3O2/c1-8-6-10-12(9-4-2-3-5-9)17-15(16)18-13(10)11(7-8)14(19)20/h6-7,9H,2-5H2,1H3,(H,19,20)(H2,16,17,18). The van der Waals surface area contributed by atoms with Gasteiger partial charge in [-0.15, -0.1) is 0 Å². The summed E-state index contributed by atoms with van der Waals surface area (Å²) in [5, 5.41) is 10.2. The van der Waals surface area contributed by atoms with E-state index in [0.29, 0.717) is 11.4 Å². The predicted molar refractivity (Wildman–Crippen MR) is 76.9 cm³/mol. The minimum Gasteiger partial charge on any atom is -0.478 e.